The summed E-state index contributed by atoms with van der Waals surface area (Å²) in [6, 6.07) is 0.0376. The minimum atomic E-state index is 0.0376. The molecular formula is C12H24N2O. The molecule has 0 aromatic carbocycles. The molecule has 1 aliphatic heterocycles. The molecule has 1 heterocycles. The van der Waals surface area contributed by atoms with Gasteiger partial charge in [0.2, 0.25) is 5.91 Å². The van der Waals surface area contributed by atoms with Crippen LogP contribution in [0.5, 0.6) is 0 Å². The van der Waals surface area contributed by atoms with Gasteiger partial charge in [-0.1, -0.05) is 20.8 Å². The van der Waals surface area contributed by atoms with Crippen molar-refractivity contribution in [3.8, 4) is 0 Å². The molecule has 0 aliphatic carbocycles. The van der Waals surface area contributed by atoms with Crippen LogP contribution in [-0.2, 0) is 4.79 Å². The van der Waals surface area contributed by atoms with Crippen molar-refractivity contribution in [3.63, 3.8) is 0 Å². The molecule has 3 nitrogen and oxygen atoms in total. The molecule has 0 bridgehead atoms. The van der Waals surface area contributed by atoms with E-state index in [0.29, 0.717) is 18.3 Å². The number of nitrogens with zero attached hydrogens (tertiary/aromatic N) is 1. The molecule has 15 heavy (non-hydrogen) atoms. The lowest BCUT2D eigenvalue weighted by Gasteiger charge is -2.19. The monoisotopic (exact) mass is 212 g/mol. The lowest BCUT2D eigenvalue weighted by Crippen LogP contribution is -2.34. The molecule has 2 unspecified atom stereocenters. The summed E-state index contributed by atoms with van der Waals surface area (Å²) in [5, 5.41) is 0. The Bertz CT molecular complexity index is 216. The van der Waals surface area contributed by atoms with Gasteiger partial charge in [-0.05, 0) is 24.7 Å². The zero-order chi connectivity index (χ0) is 11.4. The van der Waals surface area contributed by atoms with Gasteiger partial charge in [0, 0.05) is 25.6 Å². The van der Waals surface area contributed by atoms with Crippen molar-refractivity contribution in [2.45, 2.75) is 46.1 Å². The van der Waals surface area contributed by atoms with Crippen LogP contribution in [-0.4, -0.2) is 29.9 Å². The predicted octanol–water partition coefficient (Wildman–Crippen LogP) is 1.62. The first kappa shape index (κ1) is 12.5. The van der Waals surface area contributed by atoms with E-state index in [1.165, 1.54) is 0 Å². The van der Waals surface area contributed by atoms with Crippen LogP contribution in [0.2, 0.25) is 0 Å². The van der Waals surface area contributed by atoms with Crippen LogP contribution < -0.4 is 5.73 Å². The van der Waals surface area contributed by atoms with Crippen molar-refractivity contribution in [2.24, 2.45) is 17.6 Å². The van der Waals surface area contributed by atoms with Crippen molar-refractivity contribution < 1.29 is 4.79 Å². The number of hydrogen-bond acceptors (Lipinski definition) is 2. The third kappa shape index (κ3) is 3.49. The summed E-state index contributed by atoms with van der Waals surface area (Å²) in [5.41, 5.74) is 5.79. The zero-order valence-corrected chi connectivity index (χ0v) is 10.2. The summed E-state index contributed by atoms with van der Waals surface area (Å²) >= 11 is 0. The zero-order valence-electron chi connectivity index (χ0n) is 10.2. The molecule has 1 rings (SSSR count). The molecule has 2 N–H and O–H groups in total. The molecule has 0 aromatic rings. The lowest BCUT2D eigenvalue weighted by atomic mass is 9.95. The Kier molecular flexibility index (Phi) is 4.58. The molecule has 0 radical (unpaired) electrons. The van der Waals surface area contributed by atoms with E-state index in [9.17, 15) is 4.79 Å². The maximum Gasteiger partial charge on any atom is 0.224 e. The number of likely N-dealkylation sites (tertiary alicyclic amines) is 1. The lowest BCUT2D eigenvalue weighted by molar-refractivity contribution is -0.130. The summed E-state index contributed by atoms with van der Waals surface area (Å²) < 4.78 is 0. The quantitative estimate of drug-likeness (QED) is 0.769. The summed E-state index contributed by atoms with van der Waals surface area (Å²) in [7, 11) is 0. The van der Waals surface area contributed by atoms with Gasteiger partial charge in [-0.15, -0.1) is 0 Å². The number of rotatable bonds is 4. The van der Waals surface area contributed by atoms with Crippen molar-refractivity contribution in [1.29, 1.82) is 0 Å². The highest BCUT2D eigenvalue weighted by Crippen LogP contribution is 2.24. The molecule has 1 fully saturated rings. The molecular weight excluding hydrogens is 188 g/mol. The van der Waals surface area contributed by atoms with E-state index in [4.69, 9.17) is 5.73 Å². The summed E-state index contributed by atoms with van der Waals surface area (Å²) in [4.78, 5) is 13.8. The predicted molar refractivity (Wildman–Crippen MR) is 62.4 cm³/mol. The van der Waals surface area contributed by atoms with E-state index in [-0.39, 0.29) is 11.9 Å². The fourth-order valence-corrected chi connectivity index (χ4v) is 2.06. The number of nitrogens with two attached hydrogens (primary N) is 1. The first-order valence-corrected chi connectivity index (χ1v) is 6.08. The SMILES string of the molecule is CCC(N)CC(=O)N1CCC(C(C)C)C1. The van der Waals surface area contributed by atoms with Gasteiger partial charge in [-0.3, -0.25) is 4.79 Å². The Morgan fingerprint density at radius 2 is 2.20 bits per heavy atom. The van der Waals surface area contributed by atoms with Crippen LogP contribution in [0, 0.1) is 11.8 Å². The molecule has 0 spiro atoms. The Balaban J connectivity index is 2.36. The molecule has 1 aliphatic rings. The minimum absolute atomic E-state index is 0.0376. The molecule has 88 valence electrons. The normalized spacial score (nSPS) is 23.5. The van der Waals surface area contributed by atoms with Gasteiger partial charge in [0.05, 0.1) is 0 Å². The average Bonchev–Trinajstić information content (AvgIpc) is 2.66. The van der Waals surface area contributed by atoms with Crippen LogP contribution >= 0.6 is 0 Å². The van der Waals surface area contributed by atoms with Gasteiger partial charge in [0.1, 0.15) is 0 Å². The Labute approximate surface area is 93.0 Å². The summed E-state index contributed by atoms with van der Waals surface area (Å²) in [6.45, 7) is 8.36. The summed E-state index contributed by atoms with van der Waals surface area (Å²) in [6.07, 6.45) is 2.55. The van der Waals surface area contributed by atoms with E-state index in [1.807, 2.05) is 11.8 Å². The van der Waals surface area contributed by atoms with Crippen molar-refractivity contribution in [1.82, 2.24) is 4.90 Å². The van der Waals surface area contributed by atoms with Crippen LogP contribution in [0.3, 0.4) is 0 Å². The van der Waals surface area contributed by atoms with Crippen molar-refractivity contribution >= 4 is 5.91 Å². The summed E-state index contributed by atoms with van der Waals surface area (Å²) in [5.74, 6) is 1.61. The van der Waals surface area contributed by atoms with E-state index < -0.39 is 0 Å². The Morgan fingerprint density at radius 3 is 2.67 bits per heavy atom. The third-order valence-electron chi connectivity index (χ3n) is 3.48. The molecule has 3 heteroatoms. The van der Waals surface area contributed by atoms with Gasteiger partial charge in [0.15, 0.2) is 0 Å². The number of carbonyl (C=O) groups is 1. The second-order valence-electron chi connectivity index (χ2n) is 5.00. The van der Waals surface area contributed by atoms with E-state index in [0.717, 1.165) is 25.9 Å². The molecule has 1 saturated heterocycles. The standard InChI is InChI=1S/C12H24N2O/c1-4-11(13)7-12(15)14-6-5-10(8-14)9(2)3/h9-11H,4-8,13H2,1-3H3. The van der Waals surface area contributed by atoms with Crippen LogP contribution in [0.25, 0.3) is 0 Å². The van der Waals surface area contributed by atoms with Gasteiger partial charge in [-0.2, -0.15) is 0 Å². The fourth-order valence-electron chi connectivity index (χ4n) is 2.06. The van der Waals surface area contributed by atoms with E-state index >= 15 is 0 Å². The van der Waals surface area contributed by atoms with Crippen molar-refractivity contribution in [2.75, 3.05) is 13.1 Å². The maximum atomic E-state index is 11.8. The van der Waals surface area contributed by atoms with Gasteiger partial charge >= 0.3 is 0 Å². The Hall–Kier alpha value is -0.570. The minimum Gasteiger partial charge on any atom is -0.342 e. The molecule has 2 atom stereocenters. The molecule has 0 aromatic heterocycles. The van der Waals surface area contributed by atoms with Crippen LogP contribution in [0.15, 0.2) is 0 Å². The van der Waals surface area contributed by atoms with Crippen LogP contribution in [0.1, 0.15) is 40.0 Å². The first-order valence-electron chi connectivity index (χ1n) is 6.08. The first-order chi connectivity index (χ1) is 7.04. The average molecular weight is 212 g/mol. The van der Waals surface area contributed by atoms with Gasteiger partial charge in [-0.25, -0.2) is 0 Å². The van der Waals surface area contributed by atoms with E-state index in [1.54, 1.807) is 0 Å². The number of carbonyl (C=O) groups excluding carboxylic acids is 1. The topological polar surface area (TPSA) is 46.3 Å². The molecule has 1 amide bonds. The number of hydrogen-bond donors (Lipinski definition) is 1. The highest BCUT2D eigenvalue weighted by molar-refractivity contribution is 5.77. The molecule has 0 saturated carbocycles. The highest BCUT2D eigenvalue weighted by atomic mass is 16.2. The van der Waals surface area contributed by atoms with Gasteiger partial charge in [0.25, 0.3) is 0 Å². The highest BCUT2D eigenvalue weighted by Gasteiger charge is 2.28. The van der Waals surface area contributed by atoms with Crippen molar-refractivity contribution in [3.05, 3.63) is 0 Å². The second-order valence-corrected chi connectivity index (χ2v) is 5.00. The largest absolute Gasteiger partial charge is 0.342 e. The maximum absolute atomic E-state index is 11.8. The van der Waals surface area contributed by atoms with Crippen LogP contribution in [0.4, 0.5) is 0 Å². The van der Waals surface area contributed by atoms with E-state index in [2.05, 4.69) is 13.8 Å². The van der Waals surface area contributed by atoms with Gasteiger partial charge < -0.3 is 10.6 Å². The Morgan fingerprint density at radius 1 is 1.53 bits per heavy atom. The smallest absolute Gasteiger partial charge is 0.224 e. The third-order valence-corrected chi connectivity index (χ3v) is 3.48. The fraction of sp³-hybridized carbons (Fsp3) is 0.917. The number of amides is 1. The second kappa shape index (κ2) is 5.50.